The third-order valence-corrected chi connectivity index (χ3v) is 3.04. The van der Waals surface area contributed by atoms with E-state index < -0.39 is 0 Å². The molecule has 0 N–H and O–H groups in total. The van der Waals surface area contributed by atoms with Crippen LogP contribution in [0.2, 0.25) is 0 Å². The first-order valence-corrected chi connectivity index (χ1v) is 6.27. The van der Waals surface area contributed by atoms with Crippen LogP contribution in [-0.2, 0) is 6.42 Å². The van der Waals surface area contributed by atoms with Crippen LogP contribution in [0.5, 0.6) is 0 Å². The molecule has 0 unspecified atom stereocenters. The molecule has 1 nitrogen and oxygen atoms in total. The summed E-state index contributed by atoms with van der Waals surface area (Å²) in [7, 11) is 0. The van der Waals surface area contributed by atoms with Gasteiger partial charge in [0.15, 0.2) is 0 Å². The number of nitrogens with zero attached hydrogens (tertiary/aromatic N) is 1. The van der Waals surface area contributed by atoms with Gasteiger partial charge in [0, 0.05) is 22.0 Å². The average Bonchev–Trinajstić information content (AvgIpc) is 2.81. The van der Waals surface area contributed by atoms with Crippen LogP contribution in [0.25, 0.3) is 11.3 Å². The van der Waals surface area contributed by atoms with E-state index in [-0.39, 0.29) is 0 Å². The molecule has 0 spiro atoms. The minimum absolute atomic E-state index is 1.07. The van der Waals surface area contributed by atoms with Gasteiger partial charge in [0.25, 0.3) is 0 Å². The molecule has 0 aromatic carbocycles. The lowest BCUT2D eigenvalue weighted by atomic mass is 10.2. The molecule has 0 atom stereocenters. The predicted octanol–water partition coefficient (Wildman–Crippen LogP) is 4.40. The van der Waals surface area contributed by atoms with Gasteiger partial charge in [-0.3, -0.25) is 4.98 Å². The number of thiophene rings is 1. The Bertz CT molecular complexity index is 378. The van der Waals surface area contributed by atoms with E-state index in [1.165, 1.54) is 10.4 Å². The highest BCUT2D eigenvalue weighted by molar-refractivity contribution is 7.10. The van der Waals surface area contributed by atoms with E-state index in [2.05, 4.69) is 23.4 Å². The molecule has 0 bridgehead atoms. The molecule has 2 aromatic heterocycles. The lowest BCUT2D eigenvalue weighted by molar-refractivity contribution is 1.19. The van der Waals surface area contributed by atoms with E-state index in [1.54, 1.807) is 11.3 Å². The van der Waals surface area contributed by atoms with Crippen LogP contribution >= 0.6 is 11.3 Å². The van der Waals surface area contributed by atoms with Crippen molar-refractivity contribution in [2.75, 3.05) is 0 Å². The second-order valence-electron chi connectivity index (χ2n) is 2.87. The topological polar surface area (TPSA) is 12.9 Å². The highest BCUT2D eigenvalue weighted by atomic mass is 32.1. The predicted molar refractivity (Wildman–Crippen MR) is 68.3 cm³/mol. The second kappa shape index (κ2) is 6.36. The van der Waals surface area contributed by atoms with Crippen molar-refractivity contribution in [1.29, 1.82) is 0 Å². The van der Waals surface area contributed by atoms with Gasteiger partial charge in [0.05, 0.1) is 5.69 Å². The fourth-order valence-electron chi connectivity index (χ4n) is 1.23. The Kier molecular flexibility index (Phi) is 5.05. The number of hydrogen-bond donors (Lipinski definition) is 0. The summed E-state index contributed by atoms with van der Waals surface area (Å²) in [6.07, 6.45) is 2.94. The summed E-state index contributed by atoms with van der Waals surface area (Å²) in [4.78, 5) is 5.72. The molecule has 0 amide bonds. The molecular weight excluding hydrogens is 202 g/mol. The highest BCUT2D eigenvalue weighted by Crippen LogP contribution is 2.23. The van der Waals surface area contributed by atoms with E-state index in [1.807, 2.05) is 38.2 Å². The van der Waals surface area contributed by atoms with Crippen LogP contribution in [-0.4, -0.2) is 4.98 Å². The Morgan fingerprint density at radius 2 is 2.07 bits per heavy atom. The highest BCUT2D eigenvalue weighted by Gasteiger charge is 2.00. The Balaban J connectivity index is 0.000000531. The molecule has 0 fully saturated rings. The number of rotatable bonds is 2. The molecule has 0 aliphatic carbocycles. The molecule has 0 aliphatic heterocycles. The largest absolute Gasteiger partial charge is 0.256 e. The van der Waals surface area contributed by atoms with Crippen molar-refractivity contribution in [3.63, 3.8) is 0 Å². The average molecular weight is 219 g/mol. The van der Waals surface area contributed by atoms with Crippen molar-refractivity contribution < 1.29 is 0 Å². The molecule has 0 saturated heterocycles. The zero-order valence-corrected chi connectivity index (χ0v) is 10.3. The van der Waals surface area contributed by atoms with Gasteiger partial charge in [0.2, 0.25) is 0 Å². The number of aromatic nitrogens is 1. The van der Waals surface area contributed by atoms with E-state index >= 15 is 0 Å². The Morgan fingerprint density at radius 1 is 1.27 bits per heavy atom. The molecule has 0 aliphatic rings. The maximum Gasteiger partial charge on any atom is 0.0710 e. The maximum atomic E-state index is 4.30. The van der Waals surface area contributed by atoms with Crippen LogP contribution in [0, 0.1) is 0 Å². The normalized spacial score (nSPS) is 9.27. The number of hydrogen-bond acceptors (Lipinski definition) is 2. The molecule has 2 aromatic rings. The van der Waals surface area contributed by atoms with E-state index in [0.717, 1.165) is 12.1 Å². The first kappa shape index (κ1) is 11.9. The van der Waals surface area contributed by atoms with Gasteiger partial charge in [0.1, 0.15) is 0 Å². The number of pyridine rings is 1. The summed E-state index contributed by atoms with van der Waals surface area (Å²) in [5.74, 6) is 0. The lowest BCUT2D eigenvalue weighted by Gasteiger charge is -1.93. The summed E-state index contributed by atoms with van der Waals surface area (Å²) in [5, 5.41) is 2.17. The summed E-state index contributed by atoms with van der Waals surface area (Å²) >= 11 is 1.80. The van der Waals surface area contributed by atoms with Crippen molar-refractivity contribution in [3.05, 3.63) is 40.7 Å². The Labute approximate surface area is 95.8 Å². The van der Waals surface area contributed by atoms with Crippen molar-refractivity contribution in [2.24, 2.45) is 0 Å². The van der Waals surface area contributed by atoms with Crippen LogP contribution in [0.4, 0.5) is 0 Å². The molecule has 80 valence electrons. The summed E-state index contributed by atoms with van der Waals surface area (Å²) in [6.45, 7) is 6.17. The molecule has 0 saturated carbocycles. The van der Waals surface area contributed by atoms with Gasteiger partial charge in [-0.25, -0.2) is 0 Å². The zero-order valence-electron chi connectivity index (χ0n) is 9.53. The van der Waals surface area contributed by atoms with Crippen LogP contribution in [0.3, 0.4) is 0 Å². The van der Waals surface area contributed by atoms with E-state index in [0.29, 0.717) is 0 Å². The molecule has 2 rings (SSSR count). The molecule has 15 heavy (non-hydrogen) atoms. The second-order valence-corrected chi connectivity index (χ2v) is 3.87. The first-order valence-electron chi connectivity index (χ1n) is 5.39. The minimum Gasteiger partial charge on any atom is -0.256 e. The first-order chi connectivity index (χ1) is 7.40. The van der Waals surface area contributed by atoms with Crippen molar-refractivity contribution in [1.82, 2.24) is 4.98 Å². The monoisotopic (exact) mass is 219 g/mol. The maximum absolute atomic E-state index is 4.30. The fourth-order valence-corrected chi connectivity index (χ4v) is 2.06. The van der Waals surface area contributed by atoms with E-state index in [4.69, 9.17) is 0 Å². The lowest BCUT2D eigenvalue weighted by Crippen LogP contribution is -1.77. The molecule has 2 heteroatoms. The molecule has 2 heterocycles. The van der Waals surface area contributed by atoms with Crippen LogP contribution < -0.4 is 0 Å². The van der Waals surface area contributed by atoms with Crippen molar-refractivity contribution in [2.45, 2.75) is 27.2 Å². The summed E-state index contributed by atoms with van der Waals surface area (Å²) in [5.41, 5.74) is 2.31. The SMILES string of the molecule is CC.CCc1cc(-c2ccccn2)cs1. The zero-order chi connectivity index (χ0) is 11.1. The van der Waals surface area contributed by atoms with Crippen LogP contribution in [0.15, 0.2) is 35.8 Å². The van der Waals surface area contributed by atoms with E-state index in [9.17, 15) is 0 Å². The fraction of sp³-hybridized carbons (Fsp3) is 0.308. The molecule has 0 radical (unpaired) electrons. The Morgan fingerprint density at radius 3 is 2.60 bits per heavy atom. The van der Waals surface area contributed by atoms with Crippen molar-refractivity contribution in [3.8, 4) is 11.3 Å². The number of aryl methyl sites for hydroxylation is 1. The molecular formula is C13H17NS. The van der Waals surface area contributed by atoms with Crippen LogP contribution in [0.1, 0.15) is 25.6 Å². The quantitative estimate of drug-likeness (QED) is 0.729. The summed E-state index contributed by atoms with van der Waals surface area (Å²) < 4.78 is 0. The Hall–Kier alpha value is -1.15. The van der Waals surface area contributed by atoms with Gasteiger partial charge in [-0.15, -0.1) is 11.3 Å². The summed E-state index contributed by atoms with van der Waals surface area (Å²) in [6, 6.07) is 8.22. The van der Waals surface area contributed by atoms with Crippen molar-refractivity contribution >= 4 is 11.3 Å². The van der Waals surface area contributed by atoms with Gasteiger partial charge in [-0.1, -0.05) is 26.8 Å². The third-order valence-electron chi connectivity index (χ3n) is 1.96. The third kappa shape index (κ3) is 3.17. The standard InChI is InChI=1S/C11H11NS.C2H6/c1-2-10-7-9(8-13-10)11-5-3-4-6-12-11;1-2/h3-8H,2H2,1H3;1-2H3. The van der Waals surface area contributed by atoms with Gasteiger partial charge >= 0.3 is 0 Å². The van der Waals surface area contributed by atoms with Gasteiger partial charge in [-0.2, -0.15) is 0 Å². The smallest absolute Gasteiger partial charge is 0.0710 e. The minimum atomic E-state index is 1.07. The van der Waals surface area contributed by atoms with Gasteiger partial charge in [-0.05, 0) is 24.6 Å². The van der Waals surface area contributed by atoms with Gasteiger partial charge < -0.3 is 0 Å².